The number of anilines is 2. The van der Waals surface area contributed by atoms with Crippen LogP contribution in [0, 0.1) is 0 Å². The predicted octanol–water partition coefficient (Wildman–Crippen LogP) is 6.21. The molecule has 4 rings (SSSR count). The normalized spacial score (nSPS) is 18.4. The Morgan fingerprint density at radius 1 is 1.17 bits per heavy atom. The zero-order valence-electron chi connectivity index (χ0n) is 15.3. The van der Waals surface area contributed by atoms with Crippen LogP contribution >= 0.6 is 27.5 Å². The van der Waals surface area contributed by atoms with Crippen LogP contribution in [0.15, 0.2) is 59.2 Å². The highest BCUT2D eigenvalue weighted by Gasteiger charge is 2.47. The molecule has 0 spiro atoms. The Bertz CT molecular complexity index is 1070. The molecule has 0 unspecified atom stereocenters. The monoisotopic (exact) mass is 498 g/mol. The summed E-state index contributed by atoms with van der Waals surface area (Å²) in [5, 5.41) is 10.1. The molecule has 1 aromatic heterocycles. The number of alkyl halides is 3. The average molecular weight is 500 g/mol. The molecular formula is C20H15BrClF3N4O. The summed E-state index contributed by atoms with van der Waals surface area (Å²) < 4.78 is 42.9. The third-order valence-electron chi connectivity index (χ3n) is 4.86. The molecule has 2 aromatic carbocycles. The second-order valence-electron chi connectivity index (χ2n) is 6.85. The molecule has 0 radical (unpaired) electrons. The molecule has 10 heteroatoms. The van der Waals surface area contributed by atoms with Gasteiger partial charge in [-0.05, 0) is 42.0 Å². The Hall–Kier alpha value is -2.52. The van der Waals surface area contributed by atoms with Crippen molar-refractivity contribution < 1.29 is 18.0 Å². The van der Waals surface area contributed by atoms with Crippen molar-refractivity contribution >= 4 is 44.9 Å². The van der Waals surface area contributed by atoms with Crippen molar-refractivity contribution in [2.24, 2.45) is 0 Å². The van der Waals surface area contributed by atoms with Crippen LogP contribution in [0.4, 0.5) is 24.7 Å². The van der Waals surface area contributed by atoms with Crippen LogP contribution in [0.2, 0.25) is 5.02 Å². The molecule has 30 heavy (non-hydrogen) atoms. The smallest absolute Gasteiger partial charge is 0.363 e. The van der Waals surface area contributed by atoms with Gasteiger partial charge in [0.05, 0.1) is 12.2 Å². The quantitative estimate of drug-likeness (QED) is 0.450. The van der Waals surface area contributed by atoms with Gasteiger partial charge in [0.25, 0.3) is 5.91 Å². The number of aromatic nitrogens is 2. The zero-order valence-corrected chi connectivity index (χ0v) is 17.6. The van der Waals surface area contributed by atoms with Crippen LogP contribution in [0.3, 0.4) is 0 Å². The molecule has 156 valence electrons. The number of fused-ring (bicyclic) bond motifs is 1. The van der Waals surface area contributed by atoms with Crippen LogP contribution in [-0.4, -0.2) is 21.9 Å². The summed E-state index contributed by atoms with van der Waals surface area (Å²) in [7, 11) is 0. The van der Waals surface area contributed by atoms with Crippen molar-refractivity contribution in [2.45, 2.75) is 24.7 Å². The van der Waals surface area contributed by atoms with Crippen LogP contribution in [0.5, 0.6) is 0 Å². The van der Waals surface area contributed by atoms with Gasteiger partial charge in [-0.15, -0.1) is 0 Å². The Balaban J connectivity index is 1.68. The highest BCUT2D eigenvalue weighted by Crippen LogP contribution is 2.44. The lowest BCUT2D eigenvalue weighted by Crippen LogP contribution is -2.36. The highest BCUT2D eigenvalue weighted by molar-refractivity contribution is 9.10. The molecule has 0 saturated carbocycles. The van der Waals surface area contributed by atoms with E-state index < -0.39 is 24.2 Å². The van der Waals surface area contributed by atoms with Crippen LogP contribution in [0.1, 0.15) is 34.4 Å². The lowest BCUT2D eigenvalue weighted by molar-refractivity contribution is -0.173. The Kier molecular flexibility index (Phi) is 5.50. The topological polar surface area (TPSA) is 59.0 Å². The number of carbonyl (C=O) groups excluding carboxylic acids is 1. The lowest BCUT2D eigenvalue weighted by Gasteiger charge is -2.34. The van der Waals surface area contributed by atoms with E-state index in [4.69, 9.17) is 11.6 Å². The van der Waals surface area contributed by atoms with Crippen molar-refractivity contribution in [3.8, 4) is 0 Å². The molecule has 1 amide bonds. The lowest BCUT2D eigenvalue weighted by atomic mass is 9.96. The number of amides is 1. The zero-order chi connectivity index (χ0) is 21.5. The number of halogens is 5. The summed E-state index contributed by atoms with van der Waals surface area (Å²) in [4.78, 5) is 12.8. The minimum Gasteiger partial charge on any atom is -0.363 e. The minimum atomic E-state index is -4.51. The van der Waals surface area contributed by atoms with Crippen molar-refractivity contribution in [2.75, 3.05) is 10.6 Å². The summed E-state index contributed by atoms with van der Waals surface area (Å²) in [6.45, 7) is 0. The molecule has 1 aliphatic heterocycles. The Morgan fingerprint density at radius 3 is 2.47 bits per heavy atom. The van der Waals surface area contributed by atoms with E-state index in [0.717, 1.165) is 15.4 Å². The first-order valence-corrected chi connectivity index (χ1v) is 10.1. The first kappa shape index (κ1) is 20.7. The van der Waals surface area contributed by atoms with Gasteiger partial charge < -0.3 is 10.6 Å². The van der Waals surface area contributed by atoms with Gasteiger partial charge >= 0.3 is 6.18 Å². The number of benzene rings is 2. The third-order valence-corrected chi connectivity index (χ3v) is 5.64. The number of nitrogens with one attached hydrogen (secondary N) is 2. The summed E-state index contributed by atoms with van der Waals surface area (Å²) >= 11 is 9.16. The maximum absolute atomic E-state index is 13.8. The highest BCUT2D eigenvalue weighted by atomic mass is 79.9. The summed E-state index contributed by atoms with van der Waals surface area (Å²) in [5.41, 5.74) is 1.18. The van der Waals surface area contributed by atoms with Crippen LogP contribution < -0.4 is 10.6 Å². The number of hydrogen-bond acceptors (Lipinski definition) is 3. The van der Waals surface area contributed by atoms with E-state index in [0.29, 0.717) is 16.3 Å². The van der Waals surface area contributed by atoms with Crippen LogP contribution in [-0.2, 0) is 0 Å². The van der Waals surface area contributed by atoms with Gasteiger partial charge in [-0.2, -0.15) is 18.3 Å². The standard InChI is InChI=1S/C20H15BrClF3N4O/c21-12-3-1-11(2-4-12)16-9-17(20(23,24)25)29-18(28-16)15(10-26-29)19(30)27-14-7-5-13(22)6-8-14/h1-8,10,16-17,28H,9H2,(H,27,30)/t16-,17-/m1/s1. The Morgan fingerprint density at radius 2 is 1.83 bits per heavy atom. The molecule has 2 heterocycles. The number of hydrogen-bond donors (Lipinski definition) is 2. The molecule has 2 atom stereocenters. The maximum Gasteiger partial charge on any atom is 0.410 e. The van der Waals surface area contributed by atoms with Gasteiger partial charge in [0, 0.05) is 21.6 Å². The molecule has 0 aliphatic carbocycles. The van der Waals surface area contributed by atoms with Crippen molar-refractivity contribution in [3.05, 3.63) is 75.4 Å². The average Bonchev–Trinajstić information content (AvgIpc) is 3.13. The van der Waals surface area contributed by atoms with Gasteiger partial charge in [0.15, 0.2) is 6.04 Å². The van der Waals surface area contributed by atoms with E-state index >= 15 is 0 Å². The van der Waals surface area contributed by atoms with E-state index in [1.54, 1.807) is 48.5 Å². The number of carbonyl (C=O) groups is 1. The van der Waals surface area contributed by atoms with Gasteiger partial charge in [0.1, 0.15) is 11.4 Å². The molecule has 0 saturated heterocycles. The fraction of sp³-hybridized carbons (Fsp3) is 0.200. The van der Waals surface area contributed by atoms with E-state index in [2.05, 4.69) is 31.7 Å². The molecule has 5 nitrogen and oxygen atoms in total. The Labute approximate surface area is 183 Å². The SMILES string of the molecule is O=C(Nc1ccc(Cl)cc1)c1cnn2c1N[C@@H](c1ccc(Br)cc1)C[C@@H]2C(F)(F)F. The van der Waals surface area contributed by atoms with Crippen LogP contribution in [0.25, 0.3) is 0 Å². The van der Waals surface area contributed by atoms with E-state index in [1.807, 2.05) is 0 Å². The largest absolute Gasteiger partial charge is 0.410 e. The van der Waals surface area contributed by atoms with Crippen molar-refractivity contribution in [3.63, 3.8) is 0 Å². The first-order chi connectivity index (χ1) is 14.2. The number of rotatable bonds is 3. The fourth-order valence-electron chi connectivity index (χ4n) is 3.37. The second-order valence-corrected chi connectivity index (χ2v) is 8.21. The predicted molar refractivity (Wildman–Crippen MR) is 112 cm³/mol. The van der Waals surface area contributed by atoms with Gasteiger partial charge in [-0.3, -0.25) is 4.79 Å². The second kappa shape index (κ2) is 7.96. The summed E-state index contributed by atoms with van der Waals surface area (Å²) in [6, 6.07) is 11.0. The minimum absolute atomic E-state index is 0.0287. The molecular weight excluding hydrogens is 485 g/mol. The van der Waals surface area contributed by atoms with Gasteiger partial charge in [0.2, 0.25) is 0 Å². The third kappa shape index (κ3) is 4.17. The van der Waals surface area contributed by atoms with E-state index in [1.165, 1.54) is 0 Å². The molecule has 0 fully saturated rings. The molecule has 3 aromatic rings. The summed E-state index contributed by atoms with van der Waals surface area (Å²) in [6.07, 6.45) is -3.60. The first-order valence-electron chi connectivity index (χ1n) is 8.95. The molecule has 2 N–H and O–H groups in total. The molecule has 0 bridgehead atoms. The van der Waals surface area contributed by atoms with Crippen molar-refractivity contribution in [1.82, 2.24) is 9.78 Å². The van der Waals surface area contributed by atoms with E-state index in [-0.39, 0.29) is 17.8 Å². The van der Waals surface area contributed by atoms with Gasteiger partial charge in [-0.25, -0.2) is 4.68 Å². The maximum atomic E-state index is 13.8. The number of nitrogens with zero attached hydrogens (tertiary/aromatic N) is 2. The fourth-order valence-corrected chi connectivity index (χ4v) is 3.76. The van der Waals surface area contributed by atoms with Gasteiger partial charge in [-0.1, -0.05) is 39.7 Å². The summed E-state index contributed by atoms with van der Waals surface area (Å²) in [5.74, 6) is -0.536. The van der Waals surface area contributed by atoms with E-state index in [9.17, 15) is 18.0 Å². The molecule has 1 aliphatic rings. The van der Waals surface area contributed by atoms with Crippen molar-refractivity contribution in [1.29, 1.82) is 0 Å².